The second-order valence-electron chi connectivity index (χ2n) is 7.05. The fourth-order valence-electron chi connectivity index (χ4n) is 3.49. The summed E-state index contributed by atoms with van der Waals surface area (Å²) in [6, 6.07) is 4.80. The van der Waals surface area contributed by atoms with E-state index in [9.17, 15) is 13.2 Å². The molecule has 1 aromatic carbocycles. The molecule has 0 saturated carbocycles. The molecule has 2 saturated heterocycles. The smallest absolute Gasteiger partial charge is 0.223 e. The zero-order valence-corrected chi connectivity index (χ0v) is 17.3. The number of rotatable bonds is 6. The lowest BCUT2D eigenvalue weighted by atomic mass is 9.97. The topological polar surface area (TPSA) is 75.7 Å². The number of halogens is 2. The van der Waals surface area contributed by atoms with E-state index in [2.05, 4.69) is 5.32 Å². The first-order valence-electron chi connectivity index (χ1n) is 9.16. The van der Waals surface area contributed by atoms with Gasteiger partial charge in [-0.25, -0.2) is 12.7 Å². The van der Waals surface area contributed by atoms with E-state index in [0.29, 0.717) is 48.1 Å². The summed E-state index contributed by atoms with van der Waals surface area (Å²) in [6.07, 6.45) is 3.16. The molecule has 2 aliphatic rings. The van der Waals surface area contributed by atoms with E-state index in [-0.39, 0.29) is 23.7 Å². The van der Waals surface area contributed by atoms with Crippen molar-refractivity contribution in [3.05, 3.63) is 33.8 Å². The Balaban J connectivity index is 1.50. The van der Waals surface area contributed by atoms with Crippen LogP contribution in [0.2, 0.25) is 10.0 Å². The Morgan fingerprint density at radius 1 is 1.22 bits per heavy atom. The summed E-state index contributed by atoms with van der Waals surface area (Å²) in [7, 11) is -3.49. The van der Waals surface area contributed by atoms with Gasteiger partial charge in [-0.2, -0.15) is 0 Å². The highest BCUT2D eigenvalue weighted by Gasteiger charge is 2.31. The first-order valence-corrected chi connectivity index (χ1v) is 11.5. The van der Waals surface area contributed by atoms with Crippen molar-refractivity contribution in [1.82, 2.24) is 9.62 Å². The summed E-state index contributed by atoms with van der Waals surface area (Å²) in [5.74, 6) is -0.334. The fraction of sp³-hybridized carbons (Fsp3) is 0.611. The summed E-state index contributed by atoms with van der Waals surface area (Å²) in [6.45, 7) is 1.97. The van der Waals surface area contributed by atoms with Crippen molar-refractivity contribution in [2.75, 3.05) is 26.2 Å². The van der Waals surface area contributed by atoms with Gasteiger partial charge in [0.25, 0.3) is 0 Å². The molecule has 1 aromatic rings. The molecule has 1 amide bonds. The number of ether oxygens (including phenoxy) is 1. The first-order chi connectivity index (χ1) is 12.8. The Labute approximate surface area is 170 Å². The number of sulfonamides is 1. The summed E-state index contributed by atoms with van der Waals surface area (Å²) < 4.78 is 32.3. The zero-order chi connectivity index (χ0) is 19.4. The number of carbonyl (C=O) groups excluding carboxylic acids is 1. The maximum atomic E-state index is 12.7. The molecule has 3 rings (SSSR count). The van der Waals surface area contributed by atoms with Crippen molar-refractivity contribution in [2.45, 2.75) is 37.5 Å². The van der Waals surface area contributed by atoms with Crippen LogP contribution < -0.4 is 5.32 Å². The van der Waals surface area contributed by atoms with Gasteiger partial charge in [0.1, 0.15) is 0 Å². The van der Waals surface area contributed by atoms with Crippen molar-refractivity contribution >= 4 is 39.1 Å². The van der Waals surface area contributed by atoms with Gasteiger partial charge in [-0.1, -0.05) is 29.3 Å². The van der Waals surface area contributed by atoms with Gasteiger partial charge in [-0.05, 0) is 43.4 Å². The second-order valence-corrected chi connectivity index (χ2v) is 9.86. The lowest BCUT2D eigenvalue weighted by Crippen LogP contribution is -2.44. The molecule has 0 aromatic heterocycles. The molecule has 0 aliphatic carbocycles. The molecule has 9 heteroatoms. The number of carbonyl (C=O) groups is 1. The predicted octanol–water partition coefficient (Wildman–Crippen LogP) is 2.83. The zero-order valence-electron chi connectivity index (χ0n) is 15.0. The highest BCUT2D eigenvalue weighted by Crippen LogP contribution is 2.26. The number of piperidine rings is 1. The summed E-state index contributed by atoms with van der Waals surface area (Å²) >= 11 is 12.0. The van der Waals surface area contributed by atoms with Crippen LogP contribution in [0, 0.1) is 5.92 Å². The Morgan fingerprint density at radius 3 is 2.59 bits per heavy atom. The first kappa shape index (κ1) is 20.9. The molecule has 1 N–H and O–H groups in total. The van der Waals surface area contributed by atoms with Gasteiger partial charge in [0.2, 0.25) is 15.9 Å². The number of benzene rings is 1. The molecule has 0 bridgehead atoms. The minimum Gasteiger partial charge on any atom is -0.376 e. The maximum absolute atomic E-state index is 12.7. The van der Waals surface area contributed by atoms with Crippen LogP contribution in [0.15, 0.2) is 18.2 Å². The van der Waals surface area contributed by atoms with Crippen molar-refractivity contribution in [1.29, 1.82) is 0 Å². The molecule has 150 valence electrons. The van der Waals surface area contributed by atoms with Crippen molar-refractivity contribution in [3.8, 4) is 0 Å². The average Bonchev–Trinajstić information content (AvgIpc) is 3.16. The maximum Gasteiger partial charge on any atom is 0.223 e. The van der Waals surface area contributed by atoms with Gasteiger partial charge in [-0.15, -0.1) is 0 Å². The van der Waals surface area contributed by atoms with E-state index in [0.717, 1.165) is 19.4 Å². The molecular weight excluding hydrogens is 411 g/mol. The van der Waals surface area contributed by atoms with Gasteiger partial charge < -0.3 is 10.1 Å². The van der Waals surface area contributed by atoms with Crippen LogP contribution >= 0.6 is 23.2 Å². The van der Waals surface area contributed by atoms with Crippen LogP contribution in [0.3, 0.4) is 0 Å². The number of nitrogens with zero attached hydrogens (tertiary/aromatic N) is 1. The molecular formula is C18H24Cl2N2O4S. The van der Waals surface area contributed by atoms with Gasteiger partial charge >= 0.3 is 0 Å². The molecule has 2 aliphatic heterocycles. The van der Waals surface area contributed by atoms with E-state index in [1.165, 1.54) is 4.31 Å². The SMILES string of the molecule is O=C(NCC1CCCO1)C1CCN(S(=O)(=O)Cc2ccc(Cl)cc2Cl)CC1. The lowest BCUT2D eigenvalue weighted by Gasteiger charge is -2.30. The summed E-state index contributed by atoms with van der Waals surface area (Å²) in [5.41, 5.74) is 0.525. The highest BCUT2D eigenvalue weighted by molar-refractivity contribution is 7.88. The largest absolute Gasteiger partial charge is 0.376 e. The van der Waals surface area contributed by atoms with Crippen LogP contribution in [0.25, 0.3) is 0 Å². The van der Waals surface area contributed by atoms with Crippen LogP contribution in [-0.2, 0) is 25.3 Å². The summed E-state index contributed by atoms with van der Waals surface area (Å²) in [4.78, 5) is 12.3. The number of amides is 1. The van der Waals surface area contributed by atoms with Gasteiger partial charge in [-0.3, -0.25) is 4.79 Å². The average molecular weight is 435 g/mol. The third-order valence-electron chi connectivity index (χ3n) is 5.10. The predicted molar refractivity (Wildman–Crippen MR) is 105 cm³/mol. The minimum absolute atomic E-state index is 0.0108. The van der Waals surface area contributed by atoms with E-state index >= 15 is 0 Å². The number of hydrogen-bond donors (Lipinski definition) is 1. The van der Waals surface area contributed by atoms with Crippen molar-refractivity contribution < 1.29 is 17.9 Å². The van der Waals surface area contributed by atoms with Crippen LogP contribution in [0.5, 0.6) is 0 Å². The molecule has 0 radical (unpaired) electrons. The number of nitrogens with one attached hydrogen (secondary N) is 1. The van der Waals surface area contributed by atoms with E-state index in [1.807, 2.05) is 0 Å². The molecule has 1 atom stereocenters. The molecule has 0 spiro atoms. The molecule has 2 heterocycles. The molecule has 2 fully saturated rings. The van der Waals surface area contributed by atoms with Gasteiger partial charge in [0.05, 0.1) is 11.9 Å². The Bertz CT molecular complexity index is 774. The van der Waals surface area contributed by atoms with E-state index < -0.39 is 10.0 Å². The molecule has 1 unspecified atom stereocenters. The van der Waals surface area contributed by atoms with Crippen LogP contribution in [-0.4, -0.2) is 51.0 Å². The molecule has 27 heavy (non-hydrogen) atoms. The minimum atomic E-state index is -3.49. The highest BCUT2D eigenvalue weighted by atomic mass is 35.5. The third kappa shape index (κ3) is 5.57. The molecule has 6 nitrogen and oxygen atoms in total. The van der Waals surface area contributed by atoms with Crippen molar-refractivity contribution in [2.24, 2.45) is 5.92 Å². The normalized spacial score (nSPS) is 22.1. The Morgan fingerprint density at radius 2 is 1.96 bits per heavy atom. The van der Waals surface area contributed by atoms with Crippen LogP contribution in [0.4, 0.5) is 0 Å². The van der Waals surface area contributed by atoms with Gasteiger partial charge in [0, 0.05) is 42.2 Å². The summed E-state index contributed by atoms with van der Waals surface area (Å²) in [5, 5.41) is 3.75. The monoisotopic (exact) mass is 434 g/mol. The Hall–Kier alpha value is -0.860. The quantitative estimate of drug-likeness (QED) is 0.746. The lowest BCUT2D eigenvalue weighted by molar-refractivity contribution is -0.126. The van der Waals surface area contributed by atoms with E-state index in [1.54, 1.807) is 18.2 Å². The van der Waals surface area contributed by atoms with Crippen LogP contribution in [0.1, 0.15) is 31.2 Å². The fourth-order valence-corrected chi connectivity index (χ4v) is 5.64. The van der Waals surface area contributed by atoms with Crippen molar-refractivity contribution in [3.63, 3.8) is 0 Å². The second kappa shape index (κ2) is 9.09. The third-order valence-corrected chi connectivity index (χ3v) is 7.51. The number of hydrogen-bond acceptors (Lipinski definition) is 4. The van der Waals surface area contributed by atoms with Gasteiger partial charge in [0.15, 0.2) is 0 Å². The Kier molecular flexibility index (Phi) is 7.03. The standard InChI is InChI=1S/C18H24Cl2N2O4S/c19-15-4-3-14(17(20)10-15)12-27(24,25)22-7-5-13(6-8-22)18(23)21-11-16-2-1-9-26-16/h3-4,10,13,16H,1-2,5-9,11-12H2,(H,21,23). The van der Waals surface area contributed by atoms with E-state index in [4.69, 9.17) is 27.9 Å².